The standard InChI is InChI=1S/C15H20O3/c16-15(18-11-8-13-6-7-13)9-10-17-12-14-4-2-1-3-5-14/h1-5,13H,6-12H2. The van der Waals surface area contributed by atoms with Crippen molar-refractivity contribution in [2.75, 3.05) is 13.2 Å². The van der Waals surface area contributed by atoms with E-state index in [1.807, 2.05) is 30.3 Å². The van der Waals surface area contributed by atoms with E-state index in [-0.39, 0.29) is 5.97 Å². The van der Waals surface area contributed by atoms with Gasteiger partial charge in [0.15, 0.2) is 0 Å². The first kappa shape index (κ1) is 13.1. The molecule has 0 bridgehead atoms. The molecule has 0 saturated heterocycles. The van der Waals surface area contributed by atoms with Gasteiger partial charge in [-0.15, -0.1) is 0 Å². The van der Waals surface area contributed by atoms with Crippen LogP contribution in [-0.2, 0) is 20.9 Å². The molecule has 0 aromatic heterocycles. The van der Waals surface area contributed by atoms with Crippen molar-refractivity contribution in [1.82, 2.24) is 0 Å². The Morgan fingerprint density at radius 2 is 1.94 bits per heavy atom. The minimum absolute atomic E-state index is 0.149. The quantitative estimate of drug-likeness (QED) is 0.524. The second kappa shape index (κ2) is 7.17. The highest BCUT2D eigenvalue weighted by Crippen LogP contribution is 2.32. The molecule has 0 unspecified atom stereocenters. The van der Waals surface area contributed by atoms with Crippen LogP contribution in [0.15, 0.2) is 30.3 Å². The van der Waals surface area contributed by atoms with Crippen molar-refractivity contribution in [3.05, 3.63) is 35.9 Å². The van der Waals surface area contributed by atoms with E-state index < -0.39 is 0 Å². The molecule has 98 valence electrons. The first-order valence-electron chi connectivity index (χ1n) is 6.62. The summed E-state index contributed by atoms with van der Waals surface area (Å²) in [6.07, 6.45) is 3.98. The molecule has 0 radical (unpaired) electrons. The average Bonchev–Trinajstić information content (AvgIpc) is 3.20. The van der Waals surface area contributed by atoms with Gasteiger partial charge in [0.1, 0.15) is 0 Å². The van der Waals surface area contributed by atoms with Crippen molar-refractivity contribution >= 4 is 5.97 Å². The molecule has 0 spiro atoms. The zero-order valence-electron chi connectivity index (χ0n) is 10.6. The van der Waals surface area contributed by atoms with E-state index in [4.69, 9.17) is 9.47 Å². The van der Waals surface area contributed by atoms with Crippen molar-refractivity contribution in [2.24, 2.45) is 5.92 Å². The summed E-state index contributed by atoms with van der Waals surface area (Å²) in [6, 6.07) is 9.94. The number of carbonyl (C=O) groups excluding carboxylic acids is 1. The molecule has 1 aromatic rings. The summed E-state index contributed by atoms with van der Waals surface area (Å²) in [5.74, 6) is 0.663. The molecular weight excluding hydrogens is 228 g/mol. The molecule has 18 heavy (non-hydrogen) atoms. The molecule has 0 heterocycles. The zero-order chi connectivity index (χ0) is 12.6. The Hall–Kier alpha value is -1.35. The Morgan fingerprint density at radius 3 is 2.67 bits per heavy atom. The molecule has 0 N–H and O–H groups in total. The van der Waals surface area contributed by atoms with Crippen LogP contribution in [0, 0.1) is 5.92 Å². The minimum Gasteiger partial charge on any atom is -0.466 e. The highest BCUT2D eigenvalue weighted by Gasteiger charge is 2.21. The Balaban J connectivity index is 1.48. The third kappa shape index (κ3) is 5.32. The van der Waals surface area contributed by atoms with Crippen LogP contribution in [0.5, 0.6) is 0 Å². The normalized spacial score (nSPS) is 14.4. The van der Waals surface area contributed by atoms with Gasteiger partial charge in [-0.25, -0.2) is 0 Å². The average molecular weight is 248 g/mol. The van der Waals surface area contributed by atoms with Crippen molar-refractivity contribution in [3.63, 3.8) is 0 Å². The molecule has 1 aliphatic carbocycles. The first-order valence-corrected chi connectivity index (χ1v) is 6.62. The number of carbonyl (C=O) groups is 1. The maximum atomic E-state index is 11.4. The van der Waals surface area contributed by atoms with Gasteiger partial charge in [0.05, 0.1) is 26.2 Å². The topological polar surface area (TPSA) is 35.5 Å². The van der Waals surface area contributed by atoms with E-state index in [0.717, 1.165) is 17.9 Å². The molecule has 3 heteroatoms. The van der Waals surface area contributed by atoms with Gasteiger partial charge < -0.3 is 9.47 Å². The third-order valence-corrected chi connectivity index (χ3v) is 3.05. The lowest BCUT2D eigenvalue weighted by molar-refractivity contribution is -0.145. The summed E-state index contributed by atoms with van der Waals surface area (Å²) in [5, 5.41) is 0. The van der Waals surface area contributed by atoms with Crippen LogP contribution in [0.2, 0.25) is 0 Å². The summed E-state index contributed by atoms with van der Waals surface area (Å²) in [6.45, 7) is 1.55. The SMILES string of the molecule is O=C(CCOCc1ccccc1)OCCC1CC1. The largest absolute Gasteiger partial charge is 0.466 e. The van der Waals surface area contributed by atoms with E-state index in [9.17, 15) is 4.79 Å². The first-order chi connectivity index (χ1) is 8.84. The van der Waals surface area contributed by atoms with E-state index >= 15 is 0 Å². The molecule has 1 saturated carbocycles. The number of benzene rings is 1. The maximum absolute atomic E-state index is 11.4. The molecule has 1 fully saturated rings. The van der Waals surface area contributed by atoms with Gasteiger partial charge in [-0.05, 0) is 17.9 Å². The Labute approximate surface area is 108 Å². The fourth-order valence-electron chi connectivity index (χ4n) is 1.74. The molecule has 0 amide bonds. The van der Waals surface area contributed by atoms with Crippen LogP contribution >= 0.6 is 0 Å². The van der Waals surface area contributed by atoms with Gasteiger partial charge >= 0.3 is 5.97 Å². The molecule has 0 aliphatic heterocycles. The van der Waals surface area contributed by atoms with Gasteiger partial charge in [0, 0.05) is 0 Å². The number of rotatable bonds is 8. The Bertz CT molecular complexity index is 357. The Morgan fingerprint density at radius 1 is 1.17 bits per heavy atom. The lowest BCUT2D eigenvalue weighted by Crippen LogP contribution is -2.09. The zero-order valence-corrected chi connectivity index (χ0v) is 10.6. The maximum Gasteiger partial charge on any atom is 0.308 e. The van der Waals surface area contributed by atoms with Gasteiger partial charge in [-0.2, -0.15) is 0 Å². The van der Waals surface area contributed by atoms with Crippen LogP contribution in [0.3, 0.4) is 0 Å². The Kier molecular flexibility index (Phi) is 5.21. The van der Waals surface area contributed by atoms with E-state index in [1.54, 1.807) is 0 Å². The fourth-order valence-corrected chi connectivity index (χ4v) is 1.74. The highest BCUT2D eigenvalue weighted by atomic mass is 16.5. The molecule has 3 nitrogen and oxygen atoms in total. The molecule has 1 aromatic carbocycles. The lowest BCUT2D eigenvalue weighted by Gasteiger charge is -2.05. The minimum atomic E-state index is -0.149. The molecule has 1 aliphatic rings. The van der Waals surface area contributed by atoms with Crippen LogP contribution in [0.1, 0.15) is 31.2 Å². The van der Waals surface area contributed by atoms with Crippen molar-refractivity contribution in [3.8, 4) is 0 Å². The van der Waals surface area contributed by atoms with Gasteiger partial charge in [-0.1, -0.05) is 43.2 Å². The monoisotopic (exact) mass is 248 g/mol. The number of hydrogen-bond donors (Lipinski definition) is 0. The van der Waals surface area contributed by atoms with Gasteiger partial charge in [-0.3, -0.25) is 4.79 Å². The van der Waals surface area contributed by atoms with E-state index in [0.29, 0.717) is 26.2 Å². The predicted molar refractivity (Wildman–Crippen MR) is 69.0 cm³/mol. The third-order valence-electron chi connectivity index (χ3n) is 3.05. The molecule has 0 atom stereocenters. The van der Waals surface area contributed by atoms with Crippen molar-refractivity contribution in [2.45, 2.75) is 32.3 Å². The number of hydrogen-bond acceptors (Lipinski definition) is 3. The second-order valence-electron chi connectivity index (χ2n) is 4.74. The van der Waals surface area contributed by atoms with E-state index in [1.165, 1.54) is 12.8 Å². The molecule has 2 rings (SSSR count). The summed E-state index contributed by atoms with van der Waals surface area (Å²) < 4.78 is 10.6. The fraction of sp³-hybridized carbons (Fsp3) is 0.533. The summed E-state index contributed by atoms with van der Waals surface area (Å²) in [7, 11) is 0. The van der Waals surface area contributed by atoms with Crippen LogP contribution in [0.25, 0.3) is 0 Å². The second-order valence-corrected chi connectivity index (χ2v) is 4.74. The van der Waals surface area contributed by atoms with E-state index in [2.05, 4.69) is 0 Å². The summed E-state index contributed by atoms with van der Waals surface area (Å²) in [5.41, 5.74) is 1.12. The summed E-state index contributed by atoms with van der Waals surface area (Å²) >= 11 is 0. The van der Waals surface area contributed by atoms with Crippen molar-refractivity contribution in [1.29, 1.82) is 0 Å². The summed E-state index contributed by atoms with van der Waals surface area (Å²) in [4.78, 5) is 11.4. The predicted octanol–water partition coefficient (Wildman–Crippen LogP) is 2.94. The molecular formula is C15H20O3. The van der Waals surface area contributed by atoms with Gasteiger partial charge in [0.25, 0.3) is 0 Å². The highest BCUT2D eigenvalue weighted by molar-refractivity contribution is 5.69. The van der Waals surface area contributed by atoms with Crippen molar-refractivity contribution < 1.29 is 14.3 Å². The lowest BCUT2D eigenvalue weighted by atomic mass is 10.2. The number of ether oxygens (including phenoxy) is 2. The van der Waals surface area contributed by atoms with Crippen LogP contribution in [-0.4, -0.2) is 19.2 Å². The smallest absolute Gasteiger partial charge is 0.308 e. The number of esters is 1. The van der Waals surface area contributed by atoms with Crippen LogP contribution in [0.4, 0.5) is 0 Å². The van der Waals surface area contributed by atoms with Crippen LogP contribution < -0.4 is 0 Å². The van der Waals surface area contributed by atoms with Gasteiger partial charge in [0.2, 0.25) is 0 Å².